The van der Waals surface area contributed by atoms with Gasteiger partial charge in [0, 0.05) is 13.0 Å². The summed E-state index contributed by atoms with van der Waals surface area (Å²) >= 11 is 5.93. The van der Waals surface area contributed by atoms with Gasteiger partial charge < -0.3 is 20.5 Å². The standard InChI is InChI=1S/C13H12ClN3O4/c14-9-5-8(6-15)1-2-10(9)16-12(20)17-13(11(18)19)3-4-21-7-13/h1-2,5H,3-4,7H2,(H,18,19)(H2,16,17,20). The minimum atomic E-state index is -1.43. The summed E-state index contributed by atoms with van der Waals surface area (Å²) in [5.74, 6) is -1.15. The first kappa shape index (κ1) is 15.1. The summed E-state index contributed by atoms with van der Waals surface area (Å²) in [6, 6.07) is 5.59. The largest absolute Gasteiger partial charge is 0.479 e. The highest BCUT2D eigenvalue weighted by atomic mass is 35.5. The normalized spacial score (nSPS) is 20.6. The molecule has 1 atom stereocenters. The number of carboxylic acids is 1. The van der Waals surface area contributed by atoms with E-state index in [1.165, 1.54) is 18.2 Å². The number of nitrogens with zero attached hydrogens (tertiary/aromatic N) is 1. The minimum Gasteiger partial charge on any atom is -0.479 e. The molecular weight excluding hydrogens is 298 g/mol. The molecule has 2 rings (SSSR count). The van der Waals surface area contributed by atoms with Crippen molar-refractivity contribution in [2.75, 3.05) is 18.5 Å². The van der Waals surface area contributed by atoms with Crippen molar-refractivity contribution < 1.29 is 19.4 Å². The third kappa shape index (κ3) is 3.24. The lowest BCUT2D eigenvalue weighted by Crippen LogP contribution is -2.56. The van der Waals surface area contributed by atoms with Gasteiger partial charge in [-0.1, -0.05) is 11.6 Å². The first-order chi connectivity index (χ1) is 9.97. The zero-order valence-corrected chi connectivity index (χ0v) is 11.6. The van der Waals surface area contributed by atoms with Crippen LogP contribution in [0.3, 0.4) is 0 Å². The molecule has 1 heterocycles. The molecule has 0 spiro atoms. The molecule has 110 valence electrons. The van der Waals surface area contributed by atoms with E-state index in [2.05, 4.69) is 10.6 Å². The average molecular weight is 310 g/mol. The van der Waals surface area contributed by atoms with Crippen LogP contribution in [0.25, 0.3) is 0 Å². The van der Waals surface area contributed by atoms with Crippen molar-refractivity contribution in [2.45, 2.75) is 12.0 Å². The molecule has 0 radical (unpaired) electrons. The van der Waals surface area contributed by atoms with E-state index in [0.717, 1.165) is 0 Å². The zero-order valence-electron chi connectivity index (χ0n) is 10.9. The fourth-order valence-electron chi connectivity index (χ4n) is 1.94. The van der Waals surface area contributed by atoms with Crippen LogP contribution >= 0.6 is 11.6 Å². The third-order valence-electron chi connectivity index (χ3n) is 3.13. The van der Waals surface area contributed by atoms with Gasteiger partial charge >= 0.3 is 12.0 Å². The second kappa shape index (κ2) is 5.99. The molecular formula is C13H12ClN3O4. The number of rotatable bonds is 3. The van der Waals surface area contributed by atoms with E-state index >= 15 is 0 Å². The third-order valence-corrected chi connectivity index (χ3v) is 3.44. The second-order valence-electron chi connectivity index (χ2n) is 4.58. The maximum absolute atomic E-state index is 11.9. The maximum atomic E-state index is 11.9. The van der Waals surface area contributed by atoms with E-state index in [-0.39, 0.29) is 30.3 Å². The van der Waals surface area contributed by atoms with Crippen LogP contribution in [0.15, 0.2) is 18.2 Å². The van der Waals surface area contributed by atoms with Crippen molar-refractivity contribution in [2.24, 2.45) is 0 Å². The number of anilines is 1. The van der Waals surface area contributed by atoms with Crippen molar-refractivity contribution in [3.63, 3.8) is 0 Å². The van der Waals surface area contributed by atoms with Crippen LogP contribution in [0.5, 0.6) is 0 Å². The molecule has 1 aromatic rings. The Labute approximate surface area is 125 Å². The molecule has 0 bridgehead atoms. The summed E-state index contributed by atoms with van der Waals surface area (Å²) in [5, 5.41) is 23.0. The fraction of sp³-hybridized carbons (Fsp3) is 0.308. The highest BCUT2D eigenvalue weighted by molar-refractivity contribution is 6.33. The minimum absolute atomic E-state index is 0.0865. The Morgan fingerprint density at radius 1 is 1.48 bits per heavy atom. The predicted octanol–water partition coefficient (Wildman–Crippen LogP) is 1.58. The van der Waals surface area contributed by atoms with Gasteiger partial charge in [0.1, 0.15) is 0 Å². The van der Waals surface area contributed by atoms with Crippen molar-refractivity contribution in [1.29, 1.82) is 5.26 Å². The monoisotopic (exact) mass is 309 g/mol. The van der Waals surface area contributed by atoms with Crippen LogP contribution < -0.4 is 10.6 Å². The molecule has 0 saturated carbocycles. The van der Waals surface area contributed by atoms with E-state index < -0.39 is 17.5 Å². The summed E-state index contributed by atoms with van der Waals surface area (Å²) in [6.07, 6.45) is 0.191. The number of halogens is 1. The molecule has 21 heavy (non-hydrogen) atoms. The highest BCUT2D eigenvalue weighted by Crippen LogP contribution is 2.24. The van der Waals surface area contributed by atoms with E-state index in [1.807, 2.05) is 6.07 Å². The van der Waals surface area contributed by atoms with E-state index in [4.69, 9.17) is 21.6 Å². The zero-order chi connectivity index (χ0) is 15.5. The number of carboxylic acid groups (broad SMARTS) is 1. The lowest BCUT2D eigenvalue weighted by Gasteiger charge is -2.23. The van der Waals surface area contributed by atoms with Gasteiger partial charge in [-0.3, -0.25) is 0 Å². The molecule has 1 aromatic carbocycles. The summed E-state index contributed by atoms with van der Waals surface area (Å²) < 4.78 is 5.04. The molecule has 3 N–H and O–H groups in total. The SMILES string of the molecule is N#Cc1ccc(NC(=O)NC2(C(=O)O)CCOC2)c(Cl)c1. The number of hydrogen-bond donors (Lipinski definition) is 3. The molecule has 1 fully saturated rings. The number of ether oxygens (including phenoxy) is 1. The maximum Gasteiger partial charge on any atom is 0.332 e. The van der Waals surface area contributed by atoms with E-state index in [9.17, 15) is 14.7 Å². The number of carbonyl (C=O) groups excluding carboxylic acids is 1. The molecule has 1 aliphatic rings. The number of carbonyl (C=O) groups is 2. The summed E-state index contributed by atoms with van der Waals surface area (Å²) in [5.41, 5.74) is -0.784. The Bertz CT molecular complexity index is 620. The number of nitriles is 1. The van der Waals surface area contributed by atoms with Gasteiger partial charge in [0.05, 0.1) is 28.9 Å². The molecule has 8 heteroatoms. The Morgan fingerprint density at radius 3 is 2.76 bits per heavy atom. The van der Waals surface area contributed by atoms with E-state index in [0.29, 0.717) is 5.56 Å². The van der Waals surface area contributed by atoms with Gasteiger partial charge in [0.15, 0.2) is 5.54 Å². The van der Waals surface area contributed by atoms with E-state index in [1.54, 1.807) is 0 Å². The molecule has 7 nitrogen and oxygen atoms in total. The van der Waals surface area contributed by atoms with Gasteiger partial charge in [-0.05, 0) is 18.2 Å². The molecule has 1 aliphatic heterocycles. The second-order valence-corrected chi connectivity index (χ2v) is 4.98. The van der Waals surface area contributed by atoms with Gasteiger partial charge in [0.25, 0.3) is 0 Å². The molecule has 0 aliphatic carbocycles. The van der Waals surface area contributed by atoms with Crippen molar-refractivity contribution in [3.05, 3.63) is 28.8 Å². The Kier molecular flexibility index (Phi) is 4.31. The number of nitrogens with one attached hydrogen (secondary N) is 2. The van der Waals surface area contributed by atoms with Crippen molar-refractivity contribution in [3.8, 4) is 6.07 Å². The molecule has 2 amide bonds. The van der Waals surface area contributed by atoms with Crippen LogP contribution in [0, 0.1) is 11.3 Å². The van der Waals surface area contributed by atoms with Crippen LogP contribution in [0.4, 0.5) is 10.5 Å². The molecule has 0 aromatic heterocycles. The number of amides is 2. The van der Waals surface area contributed by atoms with Crippen molar-refractivity contribution in [1.82, 2.24) is 5.32 Å². The summed E-state index contributed by atoms with van der Waals surface area (Å²) in [7, 11) is 0. The average Bonchev–Trinajstić information content (AvgIpc) is 2.90. The topological polar surface area (TPSA) is 111 Å². The van der Waals surface area contributed by atoms with Gasteiger partial charge in [0.2, 0.25) is 0 Å². The smallest absolute Gasteiger partial charge is 0.332 e. The first-order valence-corrected chi connectivity index (χ1v) is 6.44. The number of aliphatic carboxylic acids is 1. The van der Waals surface area contributed by atoms with Crippen molar-refractivity contribution >= 4 is 29.3 Å². The van der Waals surface area contributed by atoms with Gasteiger partial charge in [-0.25, -0.2) is 9.59 Å². The highest BCUT2D eigenvalue weighted by Gasteiger charge is 2.44. The molecule has 1 unspecified atom stereocenters. The Morgan fingerprint density at radius 2 is 2.24 bits per heavy atom. The Hall–Kier alpha value is -2.30. The summed E-state index contributed by atoms with van der Waals surface area (Å²) in [4.78, 5) is 23.2. The predicted molar refractivity (Wildman–Crippen MR) is 74.1 cm³/mol. The quantitative estimate of drug-likeness (QED) is 0.785. The molecule has 1 saturated heterocycles. The first-order valence-electron chi connectivity index (χ1n) is 6.07. The van der Waals surface area contributed by atoms with Gasteiger partial charge in [-0.2, -0.15) is 5.26 Å². The van der Waals surface area contributed by atoms with Crippen LogP contribution in [0.2, 0.25) is 5.02 Å². The Balaban J connectivity index is 2.08. The van der Waals surface area contributed by atoms with Crippen LogP contribution in [0.1, 0.15) is 12.0 Å². The summed E-state index contributed by atoms with van der Waals surface area (Å²) in [6.45, 7) is 0.182. The fourth-order valence-corrected chi connectivity index (χ4v) is 2.17. The number of urea groups is 1. The number of benzene rings is 1. The lowest BCUT2D eigenvalue weighted by atomic mass is 9.99. The van der Waals surface area contributed by atoms with Crippen LogP contribution in [-0.4, -0.2) is 35.9 Å². The van der Waals surface area contributed by atoms with Gasteiger partial charge in [-0.15, -0.1) is 0 Å². The van der Waals surface area contributed by atoms with Crippen LogP contribution in [-0.2, 0) is 9.53 Å². The number of hydrogen-bond acceptors (Lipinski definition) is 4. The lowest BCUT2D eigenvalue weighted by molar-refractivity contribution is -0.144.